The van der Waals surface area contributed by atoms with Crippen LogP contribution in [0.4, 0.5) is 0 Å². The molecule has 4 aliphatic carbocycles. The van der Waals surface area contributed by atoms with Crippen LogP contribution < -0.4 is 0 Å². The number of fused-ring (bicyclic) bond motifs is 4. The Hall–Kier alpha value is -0.610. The van der Waals surface area contributed by atoms with E-state index in [9.17, 15) is 4.79 Å². The van der Waals surface area contributed by atoms with Crippen LogP contribution in [-0.2, 0) is 19.0 Å². The lowest BCUT2D eigenvalue weighted by Crippen LogP contribution is -2.59. The maximum atomic E-state index is 12.9. The van der Waals surface area contributed by atoms with Crippen LogP contribution in [-0.4, -0.2) is 36.0 Å². The molecule has 0 aromatic rings. The highest BCUT2D eigenvalue weighted by Crippen LogP contribution is 2.74. The summed E-state index contributed by atoms with van der Waals surface area (Å²) in [6.45, 7) is 14.9. The van der Waals surface area contributed by atoms with E-state index in [1.54, 1.807) is 0 Å². The summed E-state index contributed by atoms with van der Waals surface area (Å²) in [5.74, 6) is 5.13. The molecule has 2 unspecified atom stereocenters. The number of unbranched alkanes of at least 4 members (excludes halogenated alkanes) is 9. The van der Waals surface area contributed by atoms with Crippen LogP contribution in [0.25, 0.3) is 0 Å². The van der Waals surface area contributed by atoms with E-state index in [2.05, 4.69) is 41.5 Å². The van der Waals surface area contributed by atoms with Gasteiger partial charge in [-0.25, -0.2) is 0 Å². The smallest absolute Gasteiger partial charge is 0.306 e. The standard InChI is InChI=1S/C45H78O4/c1-7-8-9-10-12-15-21-39-40(48-39)22-16-13-11-14-17-23-42(46)47-34-26-29-44(6)38-27-28-43(5)36(33(4)20-18-19-32(2)3)24-25-37(43)35(38)30-41-45(44,31-34)49-41/h32-41H,7-31H2,1-6H3/t33-,34+,35+,36-,37+,38+,39?,40?,41+,43-,44-,45+/m1/s1. The number of hydrogen-bond acceptors (Lipinski definition) is 4. The molecule has 0 radical (unpaired) electrons. The minimum atomic E-state index is -0.0217. The van der Waals surface area contributed by atoms with Gasteiger partial charge in [0.05, 0.1) is 18.3 Å². The molecule has 6 fully saturated rings. The fourth-order valence-electron chi connectivity index (χ4n) is 13.0. The average molecular weight is 683 g/mol. The number of carbonyl (C=O) groups excluding carboxylic acids is 1. The summed E-state index contributed by atoms with van der Waals surface area (Å²) in [5, 5.41) is 0. The monoisotopic (exact) mass is 683 g/mol. The summed E-state index contributed by atoms with van der Waals surface area (Å²) in [5.41, 5.74) is 0.760. The van der Waals surface area contributed by atoms with E-state index in [1.807, 2.05) is 0 Å². The van der Waals surface area contributed by atoms with E-state index < -0.39 is 0 Å². The Morgan fingerprint density at radius 3 is 2.18 bits per heavy atom. The van der Waals surface area contributed by atoms with Crippen molar-refractivity contribution < 1.29 is 19.0 Å². The van der Waals surface area contributed by atoms with Crippen molar-refractivity contribution in [3.63, 3.8) is 0 Å². The summed E-state index contributed by atoms with van der Waals surface area (Å²) in [4.78, 5) is 12.9. The van der Waals surface area contributed by atoms with Crippen molar-refractivity contribution in [1.82, 2.24) is 0 Å². The minimum Gasteiger partial charge on any atom is -0.462 e. The Balaban J connectivity index is 0.867. The fraction of sp³-hybridized carbons (Fsp3) is 0.978. The van der Waals surface area contributed by atoms with Gasteiger partial charge in [0.2, 0.25) is 0 Å². The number of epoxide rings is 2. The molecule has 12 atom stereocenters. The molecule has 2 saturated heterocycles. The molecular formula is C45H78O4. The first-order chi connectivity index (χ1) is 23.6. The number of esters is 1. The van der Waals surface area contributed by atoms with Gasteiger partial charge in [0.1, 0.15) is 11.7 Å². The first kappa shape index (κ1) is 38.1. The molecule has 6 aliphatic rings. The van der Waals surface area contributed by atoms with Gasteiger partial charge in [-0.3, -0.25) is 4.79 Å². The van der Waals surface area contributed by atoms with Gasteiger partial charge in [-0.05, 0) is 105 Å². The summed E-state index contributed by atoms with van der Waals surface area (Å²) in [6.07, 6.45) is 33.1. The van der Waals surface area contributed by atoms with E-state index in [0.29, 0.717) is 30.1 Å². The third kappa shape index (κ3) is 8.47. The van der Waals surface area contributed by atoms with Crippen LogP contribution in [0.2, 0.25) is 0 Å². The third-order valence-corrected chi connectivity index (χ3v) is 15.9. The van der Waals surface area contributed by atoms with Gasteiger partial charge in [0.25, 0.3) is 0 Å². The molecule has 4 saturated carbocycles. The van der Waals surface area contributed by atoms with Crippen molar-refractivity contribution in [3.8, 4) is 0 Å². The second-order valence-corrected chi connectivity index (χ2v) is 19.5. The molecule has 0 N–H and O–H groups in total. The molecule has 1 spiro atoms. The number of hydrogen-bond donors (Lipinski definition) is 0. The molecule has 0 aromatic carbocycles. The zero-order valence-electron chi connectivity index (χ0n) is 33.1. The van der Waals surface area contributed by atoms with Crippen LogP contribution >= 0.6 is 0 Å². The lowest BCUT2D eigenvalue weighted by molar-refractivity contribution is -0.160. The van der Waals surface area contributed by atoms with Crippen molar-refractivity contribution >= 4 is 5.97 Å². The Kier molecular flexibility index (Phi) is 12.9. The van der Waals surface area contributed by atoms with E-state index in [1.165, 1.54) is 128 Å². The quantitative estimate of drug-likeness (QED) is 0.0687. The molecular weight excluding hydrogens is 604 g/mol. The molecule has 0 amide bonds. The molecule has 2 heterocycles. The van der Waals surface area contributed by atoms with Gasteiger partial charge in [0, 0.05) is 18.3 Å². The Morgan fingerprint density at radius 2 is 1.47 bits per heavy atom. The Labute approximate surface area is 302 Å². The summed E-state index contributed by atoms with van der Waals surface area (Å²) in [7, 11) is 0. The maximum Gasteiger partial charge on any atom is 0.306 e. The van der Waals surface area contributed by atoms with E-state index >= 15 is 0 Å². The van der Waals surface area contributed by atoms with Gasteiger partial charge in [0.15, 0.2) is 0 Å². The first-order valence-electron chi connectivity index (χ1n) is 22.1. The molecule has 282 valence electrons. The fourth-order valence-corrected chi connectivity index (χ4v) is 13.0. The highest BCUT2D eigenvalue weighted by atomic mass is 16.6. The first-order valence-corrected chi connectivity index (χ1v) is 22.1. The predicted molar refractivity (Wildman–Crippen MR) is 201 cm³/mol. The van der Waals surface area contributed by atoms with Crippen molar-refractivity contribution in [2.45, 2.75) is 232 Å². The molecule has 4 heteroatoms. The van der Waals surface area contributed by atoms with Crippen LogP contribution in [0.3, 0.4) is 0 Å². The largest absolute Gasteiger partial charge is 0.462 e. The van der Waals surface area contributed by atoms with Gasteiger partial charge in [-0.2, -0.15) is 0 Å². The molecule has 4 nitrogen and oxygen atoms in total. The van der Waals surface area contributed by atoms with Crippen molar-refractivity contribution in [1.29, 1.82) is 0 Å². The zero-order valence-corrected chi connectivity index (χ0v) is 33.1. The normalized spacial score (nSPS) is 41.0. The van der Waals surface area contributed by atoms with Crippen molar-refractivity contribution in [2.75, 3.05) is 0 Å². The third-order valence-electron chi connectivity index (χ3n) is 15.9. The molecule has 6 rings (SSSR count). The van der Waals surface area contributed by atoms with Crippen LogP contribution in [0.1, 0.15) is 202 Å². The van der Waals surface area contributed by atoms with Crippen molar-refractivity contribution in [3.05, 3.63) is 0 Å². The van der Waals surface area contributed by atoms with E-state index in [-0.39, 0.29) is 23.1 Å². The van der Waals surface area contributed by atoms with Gasteiger partial charge < -0.3 is 14.2 Å². The lowest BCUT2D eigenvalue weighted by atomic mass is 9.44. The van der Waals surface area contributed by atoms with Crippen molar-refractivity contribution in [2.24, 2.45) is 46.3 Å². The second kappa shape index (κ2) is 16.6. The van der Waals surface area contributed by atoms with Gasteiger partial charge in [-0.15, -0.1) is 0 Å². The Morgan fingerprint density at radius 1 is 0.776 bits per heavy atom. The number of rotatable bonds is 21. The minimum absolute atomic E-state index is 0.0217. The summed E-state index contributed by atoms with van der Waals surface area (Å²) < 4.78 is 18.9. The summed E-state index contributed by atoms with van der Waals surface area (Å²) in [6, 6.07) is 0. The topological polar surface area (TPSA) is 51.4 Å². The maximum absolute atomic E-state index is 12.9. The van der Waals surface area contributed by atoms with E-state index in [0.717, 1.165) is 61.2 Å². The molecule has 0 aromatic heterocycles. The molecule has 0 bridgehead atoms. The van der Waals surface area contributed by atoms with Crippen LogP contribution in [0.5, 0.6) is 0 Å². The van der Waals surface area contributed by atoms with Gasteiger partial charge in [-0.1, -0.05) is 125 Å². The highest BCUT2D eigenvalue weighted by molar-refractivity contribution is 5.69. The van der Waals surface area contributed by atoms with Crippen LogP contribution in [0.15, 0.2) is 0 Å². The second-order valence-electron chi connectivity index (χ2n) is 19.5. The molecule has 49 heavy (non-hydrogen) atoms. The Bertz CT molecular complexity index is 1060. The van der Waals surface area contributed by atoms with Gasteiger partial charge >= 0.3 is 5.97 Å². The molecule has 2 aliphatic heterocycles. The lowest BCUT2D eigenvalue weighted by Gasteiger charge is -2.59. The van der Waals surface area contributed by atoms with Crippen LogP contribution in [0, 0.1) is 46.3 Å². The SMILES string of the molecule is CCCCCCCCC1OC1CCCCCCCC(=O)O[C@H]1CC[C@]2(C)[C@H]3CC[C@]4(C)[C@@H]([C@H](C)CCCC(C)C)CC[C@H]4[C@@H]3C[C@@H]3O[C@@]32C1. The zero-order chi connectivity index (χ0) is 34.6. The average Bonchev–Trinajstić information content (AvgIpc) is 3.95. The summed E-state index contributed by atoms with van der Waals surface area (Å²) >= 11 is 0. The number of carbonyl (C=O) groups is 1. The predicted octanol–water partition coefficient (Wildman–Crippen LogP) is 12.4. The number of ether oxygens (including phenoxy) is 3. The highest BCUT2D eigenvalue weighted by Gasteiger charge is 2.76. The van der Waals surface area contributed by atoms with E-state index in [4.69, 9.17) is 14.2 Å².